The van der Waals surface area contributed by atoms with Crippen LogP contribution in [0.4, 0.5) is 4.79 Å². The van der Waals surface area contributed by atoms with E-state index in [0.29, 0.717) is 36.4 Å². The van der Waals surface area contributed by atoms with Crippen LogP contribution < -0.4 is 5.73 Å². The highest BCUT2D eigenvalue weighted by atomic mass is 32.2. The molecule has 186 valence electrons. The number of piperidine rings is 1. The first-order valence-corrected chi connectivity index (χ1v) is 13.7. The fraction of sp³-hybridized carbons (Fsp3) is 0.565. The fourth-order valence-electron chi connectivity index (χ4n) is 4.47. The van der Waals surface area contributed by atoms with Crippen LogP contribution in [0.15, 0.2) is 24.3 Å². The van der Waals surface area contributed by atoms with Crippen LogP contribution in [-0.2, 0) is 19.5 Å². The molecule has 0 bridgehead atoms. The van der Waals surface area contributed by atoms with Crippen LogP contribution in [0.5, 0.6) is 0 Å². The number of nitrogens with zero attached hydrogens (tertiary/aromatic N) is 2. The molecule has 2 aliphatic heterocycles. The van der Waals surface area contributed by atoms with Crippen molar-refractivity contribution in [2.45, 2.75) is 50.6 Å². The van der Waals surface area contributed by atoms with Gasteiger partial charge in [-0.25, -0.2) is 13.2 Å². The average molecular weight is 510 g/mol. The van der Waals surface area contributed by atoms with Crippen LogP contribution >= 0.6 is 11.3 Å². The maximum absolute atomic E-state index is 13.5. The first-order chi connectivity index (χ1) is 16.0. The van der Waals surface area contributed by atoms with Gasteiger partial charge in [0.25, 0.3) is 5.91 Å². The Morgan fingerprint density at radius 1 is 1.15 bits per heavy atom. The average Bonchev–Trinajstić information content (AvgIpc) is 3.18. The number of fused-ring (bicyclic) bond motifs is 1. The van der Waals surface area contributed by atoms with Gasteiger partial charge in [0.2, 0.25) is 10.0 Å². The zero-order valence-electron chi connectivity index (χ0n) is 19.7. The summed E-state index contributed by atoms with van der Waals surface area (Å²) in [5.41, 5.74) is 5.70. The topological polar surface area (TPSA) is 119 Å². The number of amides is 2. The molecule has 2 fully saturated rings. The third-order valence-corrected chi connectivity index (χ3v) is 9.65. The summed E-state index contributed by atoms with van der Waals surface area (Å²) in [5.74, 6) is -0.547. The molecule has 2 saturated heterocycles. The van der Waals surface area contributed by atoms with Gasteiger partial charge in [0, 0.05) is 36.4 Å². The molecule has 3 heterocycles. The highest BCUT2D eigenvalue weighted by molar-refractivity contribution is 7.89. The number of rotatable bonds is 4. The first kappa shape index (κ1) is 24.9. The van der Waals surface area contributed by atoms with Crippen LogP contribution in [0.1, 0.15) is 55.0 Å². The molecule has 1 atom stereocenters. The zero-order chi connectivity index (χ0) is 24.7. The summed E-state index contributed by atoms with van der Waals surface area (Å²) in [7, 11) is -3.62. The quantitative estimate of drug-likeness (QED) is 0.676. The smallest absolute Gasteiger partial charge is 0.410 e. The monoisotopic (exact) mass is 509 g/mol. The Labute approximate surface area is 203 Å². The molecule has 0 aliphatic carbocycles. The number of carbonyl (C=O) groups is 2. The molecule has 2 aromatic rings. The van der Waals surface area contributed by atoms with E-state index < -0.39 is 39.0 Å². The second-order valence-electron chi connectivity index (χ2n) is 9.63. The van der Waals surface area contributed by atoms with Gasteiger partial charge in [0.15, 0.2) is 0 Å². The van der Waals surface area contributed by atoms with Crippen molar-refractivity contribution >= 4 is 43.4 Å². The molecule has 1 aromatic carbocycles. The predicted octanol–water partition coefficient (Wildman–Crippen LogP) is 3.10. The van der Waals surface area contributed by atoms with E-state index in [4.69, 9.17) is 15.2 Å². The number of carbonyl (C=O) groups excluding carboxylic acids is 2. The Kier molecular flexibility index (Phi) is 6.92. The molecular weight excluding hydrogens is 478 g/mol. The number of sulfonamides is 1. The molecule has 2 N–H and O–H groups in total. The molecule has 1 aromatic heterocycles. The van der Waals surface area contributed by atoms with Gasteiger partial charge in [0.1, 0.15) is 5.60 Å². The second-order valence-corrected chi connectivity index (χ2v) is 12.9. The molecule has 0 spiro atoms. The normalized spacial score (nSPS) is 21.0. The zero-order valence-corrected chi connectivity index (χ0v) is 21.3. The van der Waals surface area contributed by atoms with Crippen LogP contribution in [0.25, 0.3) is 10.1 Å². The minimum absolute atomic E-state index is 0.121. The number of hydrogen-bond acceptors (Lipinski definition) is 7. The summed E-state index contributed by atoms with van der Waals surface area (Å²) in [5, 5.41) is 0.274. The van der Waals surface area contributed by atoms with Crippen molar-refractivity contribution in [2.75, 3.05) is 32.8 Å². The van der Waals surface area contributed by atoms with Crippen molar-refractivity contribution in [1.82, 2.24) is 9.21 Å². The Hall–Kier alpha value is -2.21. The van der Waals surface area contributed by atoms with E-state index in [1.54, 1.807) is 25.7 Å². The van der Waals surface area contributed by atoms with Crippen molar-refractivity contribution in [2.24, 2.45) is 5.73 Å². The van der Waals surface area contributed by atoms with Crippen molar-refractivity contribution in [3.8, 4) is 0 Å². The number of nitrogens with two attached hydrogens (primary N) is 1. The number of thiophene rings is 1. The molecule has 9 nitrogen and oxygen atoms in total. The number of primary amides is 1. The Morgan fingerprint density at radius 3 is 2.47 bits per heavy atom. The largest absolute Gasteiger partial charge is 0.444 e. The summed E-state index contributed by atoms with van der Waals surface area (Å²) < 4.78 is 40.7. The van der Waals surface area contributed by atoms with E-state index in [9.17, 15) is 18.0 Å². The van der Waals surface area contributed by atoms with Crippen molar-refractivity contribution in [3.05, 3.63) is 34.7 Å². The minimum Gasteiger partial charge on any atom is -0.444 e. The Bertz CT molecular complexity index is 1180. The predicted molar refractivity (Wildman–Crippen MR) is 130 cm³/mol. The third-order valence-electron chi connectivity index (χ3n) is 6.08. The van der Waals surface area contributed by atoms with Crippen molar-refractivity contribution < 1.29 is 27.5 Å². The van der Waals surface area contributed by atoms with E-state index in [-0.39, 0.29) is 19.7 Å². The molecule has 0 unspecified atom stereocenters. The third kappa shape index (κ3) is 5.07. The van der Waals surface area contributed by atoms with Gasteiger partial charge in [-0.2, -0.15) is 4.31 Å². The van der Waals surface area contributed by atoms with E-state index in [2.05, 4.69) is 0 Å². The maximum Gasteiger partial charge on any atom is 0.410 e. The summed E-state index contributed by atoms with van der Waals surface area (Å²) >= 11 is 1.30. The van der Waals surface area contributed by atoms with Gasteiger partial charge < -0.3 is 20.1 Å². The fourth-order valence-corrected chi connectivity index (χ4v) is 7.48. The number of benzene rings is 1. The Morgan fingerprint density at radius 2 is 1.82 bits per heavy atom. The van der Waals surface area contributed by atoms with Gasteiger partial charge in [-0.1, -0.05) is 18.2 Å². The lowest BCUT2D eigenvalue weighted by molar-refractivity contribution is -0.00256. The standard InChI is InChI=1S/C23H31N3O6S2/c1-23(2,3)32-22(28)25-10-8-15(9-11-25)34(29,30)26-12-13-31-17(14-26)19-16-6-4-5-7-18(16)33-20(19)21(24)27/h4-7,15,17H,8-14H2,1-3H3,(H2,24,27)/t17-/m0/s1. The van der Waals surface area contributed by atoms with Gasteiger partial charge in [0.05, 0.1) is 22.8 Å². The lowest BCUT2D eigenvalue weighted by Gasteiger charge is -2.38. The summed E-state index contributed by atoms with van der Waals surface area (Å²) in [6, 6.07) is 7.57. The van der Waals surface area contributed by atoms with Crippen LogP contribution in [0, 0.1) is 0 Å². The van der Waals surface area contributed by atoms with Crippen LogP contribution in [0.3, 0.4) is 0 Å². The summed E-state index contributed by atoms with van der Waals surface area (Å²) in [6.07, 6.45) is -0.309. The van der Waals surface area contributed by atoms with Gasteiger partial charge in [-0.3, -0.25) is 4.79 Å². The highest BCUT2D eigenvalue weighted by Crippen LogP contribution is 2.39. The molecule has 34 heavy (non-hydrogen) atoms. The van der Waals surface area contributed by atoms with E-state index in [0.717, 1.165) is 10.1 Å². The molecule has 2 aliphatic rings. The molecule has 4 rings (SSSR count). The second kappa shape index (κ2) is 9.44. The van der Waals surface area contributed by atoms with Gasteiger partial charge in [-0.15, -0.1) is 11.3 Å². The number of ether oxygens (including phenoxy) is 2. The molecule has 2 amide bonds. The highest BCUT2D eigenvalue weighted by Gasteiger charge is 2.40. The van der Waals surface area contributed by atoms with E-state index in [1.165, 1.54) is 15.6 Å². The van der Waals surface area contributed by atoms with E-state index >= 15 is 0 Å². The number of morpholine rings is 1. The summed E-state index contributed by atoms with van der Waals surface area (Å²) in [4.78, 5) is 26.4. The van der Waals surface area contributed by atoms with Crippen molar-refractivity contribution in [1.29, 1.82) is 0 Å². The maximum atomic E-state index is 13.5. The Balaban J connectivity index is 1.49. The molecule has 11 heteroatoms. The summed E-state index contributed by atoms with van der Waals surface area (Å²) in [6.45, 7) is 6.66. The van der Waals surface area contributed by atoms with Crippen molar-refractivity contribution in [3.63, 3.8) is 0 Å². The van der Waals surface area contributed by atoms with Crippen LogP contribution in [0.2, 0.25) is 0 Å². The number of hydrogen-bond donors (Lipinski definition) is 1. The van der Waals surface area contributed by atoms with Crippen LogP contribution in [-0.4, -0.2) is 73.3 Å². The van der Waals surface area contributed by atoms with E-state index in [1.807, 2.05) is 24.3 Å². The van der Waals surface area contributed by atoms with Gasteiger partial charge in [-0.05, 0) is 45.1 Å². The van der Waals surface area contributed by atoms with Gasteiger partial charge >= 0.3 is 6.09 Å². The minimum atomic E-state index is -3.62. The lowest BCUT2D eigenvalue weighted by Crippen LogP contribution is -2.50. The SMILES string of the molecule is CC(C)(C)OC(=O)N1CCC(S(=O)(=O)N2CCO[C@H](c3c(C(N)=O)sc4ccccc34)C2)CC1. The molecular formula is C23H31N3O6S2. The molecule has 0 radical (unpaired) electrons. The first-order valence-electron chi connectivity index (χ1n) is 11.4. The molecule has 0 saturated carbocycles. The lowest BCUT2D eigenvalue weighted by atomic mass is 10.0. The number of likely N-dealkylation sites (tertiary alicyclic amines) is 1.